The Kier molecular flexibility index (Phi) is 5.58. The highest BCUT2D eigenvalue weighted by Gasteiger charge is 2.37. The van der Waals surface area contributed by atoms with Crippen LogP contribution in [0.1, 0.15) is 45.4 Å². The number of carbonyl (C=O) groups is 1. The van der Waals surface area contributed by atoms with Gasteiger partial charge < -0.3 is 5.73 Å². The highest BCUT2D eigenvalue weighted by Crippen LogP contribution is 2.41. The number of aromatic nitrogens is 4. The molecule has 0 aromatic carbocycles. The lowest BCUT2D eigenvalue weighted by molar-refractivity contribution is -0.118. The van der Waals surface area contributed by atoms with Gasteiger partial charge in [-0.3, -0.25) is 4.79 Å². The van der Waals surface area contributed by atoms with Gasteiger partial charge in [-0.05, 0) is 30.0 Å². The number of unbranched alkanes of at least 4 members (excludes halogenated alkanes) is 1. The van der Waals surface area contributed by atoms with Crippen LogP contribution in [-0.2, 0) is 16.1 Å². The minimum Gasteiger partial charge on any atom is -0.370 e. The summed E-state index contributed by atoms with van der Waals surface area (Å²) >= 11 is 1.61. The highest BCUT2D eigenvalue weighted by atomic mass is 32.2. The maximum atomic E-state index is 11.4. The molecule has 0 saturated carbocycles. The smallest absolute Gasteiger partial charge is 0.219 e. The van der Waals surface area contributed by atoms with Gasteiger partial charge in [0.25, 0.3) is 0 Å². The molecule has 1 aromatic heterocycles. The molecule has 0 fully saturated rings. The van der Waals surface area contributed by atoms with E-state index in [4.69, 9.17) is 5.73 Å². The first-order valence-electron chi connectivity index (χ1n) is 6.19. The van der Waals surface area contributed by atoms with E-state index in [0.29, 0.717) is 6.54 Å². The molecule has 0 bridgehead atoms. The summed E-state index contributed by atoms with van der Waals surface area (Å²) < 4.78 is 1.34. The van der Waals surface area contributed by atoms with Crippen molar-refractivity contribution in [3.8, 4) is 0 Å². The maximum absolute atomic E-state index is 11.4. The molecule has 0 aliphatic heterocycles. The largest absolute Gasteiger partial charge is 0.370 e. The van der Waals surface area contributed by atoms with Gasteiger partial charge in [-0.15, -0.1) is 16.9 Å². The van der Waals surface area contributed by atoms with Gasteiger partial charge in [-0.25, -0.2) is 4.68 Å². The second kappa shape index (κ2) is 6.72. The number of amides is 1. The van der Waals surface area contributed by atoms with Gasteiger partial charge in [0.15, 0.2) is 5.82 Å². The Balaban J connectivity index is 3.11. The average molecular weight is 271 g/mol. The van der Waals surface area contributed by atoms with E-state index in [-0.39, 0.29) is 12.3 Å². The monoisotopic (exact) mass is 271 g/mol. The molecule has 0 saturated heterocycles. The number of nitrogens with zero attached hydrogens (tertiary/aromatic N) is 4. The third-order valence-electron chi connectivity index (χ3n) is 3.02. The summed E-state index contributed by atoms with van der Waals surface area (Å²) in [5.41, 5.74) is 5.39. The number of thioether (sulfide) groups is 1. The quantitative estimate of drug-likeness (QED) is 0.770. The summed E-state index contributed by atoms with van der Waals surface area (Å²) in [7, 11) is 0. The predicted octanol–water partition coefficient (Wildman–Crippen LogP) is 1.32. The van der Waals surface area contributed by atoms with Crippen LogP contribution in [0.15, 0.2) is 0 Å². The van der Waals surface area contributed by atoms with Crippen molar-refractivity contribution in [2.24, 2.45) is 5.73 Å². The van der Waals surface area contributed by atoms with E-state index in [1.165, 1.54) is 0 Å². The Bertz CT molecular complexity index is 395. The van der Waals surface area contributed by atoms with Crippen molar-refractivity contribution in [3.63, 3.8) is 0 Å². The second-order valence-electron chi connectivity index (χ2n) is 4.26. The molecule has 1 aromatic rings. The van der Waals surface area contributed by atoms with E-state index in [1.807, 2.05) is 13.2 Å². The topological polar surface area (TPSA) is 86.7 Å². The molecular formula is C11H21N5OS. The van der Waals surface area contributed by atoms with Crippen molar-refractivity contribution in [1.29, 1.82) is 0 Å². The summed E-state index contributed by atoms with van der Waals surface area (Å²) in [4.78, 5) is 11.4. The zero-order chi connectivity index (χ0) is 13.6. The normalized spacial score (nSPS) is 14.4. The number of hydrogen-bond donors (Lipinski definition) is 1. The van der Waals surface area contributed by atoms with Gasteiger partial charge in [-0.1, -0.05) is 19.8 Å². The third kappa shape index (κ3) is 3.22. The number of rotatable bonds is 8. The molecule has 2 N–H and O–H groups in total. The van der Waals surface area contributed by atoms with Crippen LogP contribution in [0.25, 0.3) is 0 Å². The molecule has 18 heavy (non-hydrogen) atoms. The summed E-state index contributed by atoms with van der Waals surface area (Å²) in [6.07, 6.45) is 5.19. The number of aryl methyl sites for hydroxylation is 1. The van der Waals surface area contributed by atoms with Crippen molar-refractivity contribution >= 4 is 17.7 Å². The molecule has 0 aliphatic carbocycles. The van der Waals surface area contributed by atoms with Gasteiger partial charge in [0.1, 0.15) is 0 Å². The summed E-state index contributed by atoms with van der Waals surface area (Å²) in [5.74, 6) is 0.441. The first-order chi connectivity index (χ1) is 8.59. The van der Waals surface area contributed by atoms with Crippen molar-refractivity contribution < 1.29 is 4.79 Å². The van der Waals surface area contributed by atoms with Crippen LogP contribution in [-0.4, -0.2) is 32.4 Å². The first kappa shape index (κ1) is 14.9. The lowest BCUT2D eigenvalue weighted by Gasteiger charge is -2.29. The zero-order valence-electron chi connectivity index (χ0n) is 11.2. The van der Waals surface area contributed by atoms with Gasteiger partial charge >= 0.3 is 0 Å². The molecule has 7 heteroatoms. The van der Waals surface area contributed by atoms with Crippen LogP contribution in [0.4, 0.5) is 0 Å². The number of primary amides is 1. The first-order valence-corrected chi connectivity index (χ1v) is 7.42. The Hall–Kier alpha value is -1.11. The zero-order valence-corrected chi connectivity index (χ0v) is 12.0. The van der Waals surface area contributed by atoms with Crippen LogP contribution in [0.3, 0.4) is 0 Å². The fourth-order valence-corrected chi connectivity index (χ4v) is 3.00. The Labute approximate surface area is 112 Å². The lowest BCUT2D eigenvalue weighted by atomic mass is 9.96. The summed E-state index contributed by atoms with van der Waals surface area (Å²) in [5, 5.41) is 11.8. The number of nitrogens with two attached hydrogens (primary N) is 1. The molecule has 6 nitrogen and oxygen atoms in total. The Morgan fingerprint density at radius 3 is 2.72 bits per heavy atom. The Morgan fingerprint density at radius 1 is 1.50 bits per heavy atom. The SMILES string of the molecule is CCCCC(CC(N)=O)(SC)c1nnnn1CC. The molecule has 0 aliphatic rings. The van der Waals surface area contributed by atoms with Crippen LogP contribution in [0, 0.1) is 0 Å². The van der Waals surface area contributed by atoms with Crippen molar-refractivity contribution in [3.05, 3.63) is 5.82 Å². The van der Waals surface area contributed by atoms with E-state index in [9.17, 15) is 4.79 Å². The summed E-state index contributed by atoms with van der Waals surface area (Å²) in [6, 6.07) is 0. The van der Waals surface area contributed by atoms with Gasteiger partial charge in [0.2, 0.25) is 5.91 Å². The van der Waals surface area contributed by atoms with Crippen LogP contribution < -0.4 is 5.73 Å². The number of hydrogen-bond acceptors (Lipinski definition) is 5. The fourth-order valence-electron chi connectivity index (χ4n) is 2.03. The maximum Gasteiger partial charge on any atom is 0.219 e. The van der Waals surface area contributed by atoms with Crippen LogP contribution in [0.5, 0.6) is 0 Å². The standard InChI is InChI=1S/C11H21N5OS/c1-4-6-7-11(18-3,8-9(12)17)10-13-14-15-16(10)5-2/h4-8H2,1-3H3,(H2,12,17). The van der Waals surface area contributed by atoms with Crippen LogP contribution >= 0.6 is 11.8 Å². The average Bonchev–Trinajstić information content (AvgIpc) is 2.82. The molecule has 1 amide bonds. The second-order valence-corrected chi connectivity index (χ2v) is 5.45. The molecule has 1 rings (SSSR count). The molecule has 1 atom stereocenters. The minimum atomic E-state index is -0.401. The molecule has 0 radical (unpaired) electrons. The van der Waals surface area contributed by atoms with Crippen LogP contribution in [0.2, 0.25) is 0 Å². The van der Waals surface area contributed by atoms with E-state index in [0.717, 1.165) is 25.1 Å². The predicted molar refractivity (Wildman–Crippen MR) is 72.0 cm³/mol. The summed E-state index contributed by atoms with van der Waals surface area (Å²) in [6.45, 7) is 4.79. The van der Waals surface area contributed by atoms with Gasteiger partial charge in [0, 0.05) is 13.0 Å². The molecule has 1 unspecified atom stereocenters. The molecule has 0 spiro atoms. The van der Waals surface area contributed by atoms with E-state index in [2.05, 4.69) is 22.4 Å². The number of carbonyl (C=O) groups excluding carboxylic acids is 1. The molecule has 1 heterocycles. The van der Waals surface area contributed by atoms with Crippen molar-refractivity contribution in [2.45, 2.75) is 50.8 Å². The third-order valence-corrected chi connectivity index (χ3v) is 4.34. The Morgan fingerprint density at radius 2 is 2.22 bits per heavy atom. The fraction of sp³-hybridized carbons (Fsp3) is 0.818. The van der Waals surface area contributed by atoms with E-state index in [1.54, 1.807) is 16.4 Å². The number of tetrazole rings is 1. The molecular weight excluding hydrogens is 250 g/mol. The van der Waals surface area contributed by atoms with E-state index >= 15 is 0 Å². The van der Waals surface area contributed by atoms with Crippen molar-refractivity contribution in [1.82, 2.24) is 20.2 Å². The van der Waals surface area contributed by atoms with Gasteiger partial charge in [0.05, 0.1) is 4.75 Å². The minimum absolute atomic E-state index is 0.272. The van der Waals surface area contributed by atoms with Gasteiger partial charge in [-0.2, -0.15) is 0 Å². The van der Waals surface area contributed by atoms with Crippen molar-refractivity contribution in [2.75, 3.05) is 6.26 Å². The lowest BCUT2D eigenvalue weighted by Crippen LogP contribution is -2.32. The molecule has 102 valence electrons. The van der Waals surface area contributed by atoms with E-state index < -0.39 is 4.75 Å². The highest BCUT2D eigenvalue weighted by molar-refractivity contribution is 7.99.